The Kier molecular flexibility index (Phi) is 8.07. The Bertz CT molecular complexity index is 805. The smallest absolute Gasteiger partial charge is 0.333 e. The van der Waals surface area contributed by atoms with E-state index in [2.05, 4.69) is 20.4 Å². The SMILES string of the molecule is C=C(C)[C@@H]1C[C@]2(C)[C@@H](C)[C@H](OC(=O)/C(C)=C\C)CC[C@H]2[C@H](OC(=O)/C=C(\C)CC)C1=O. The molecule has 2 aliphatic carbocycles. The van der Waals surface area contributed by atoms with Crippen LogP contribution in [0.1, 0.15) is 74.1 Å². The first-order valence-corrected chi connectivity index (χ1v) is 11.4. The van der Waals surface area contributed by atoms with Gasteiger partial charge in [0.15, 0.2) is 11.9 Å². The van der Waals surface area contributed by atoms with E-state index in [1.165, 1.54) is 6.08 Å². The van der Waals surface area contributed by atoms with E-state index >= 15 is 0 Å². The largest absolute Gasteiger partial charge is 0.459 e. The normalized spacial score (nSPS) is 34.0. The topological polar surface area (TPSA) is 69.7 Å². The lowest BCUT2D eigenvalue weighted by Crippen LogP contribution is -2.58. The summed E-state index contributed by atoms with van der Waals surface area (Å²) >= 11 is 0. The molecule has 0 heterocycles. The standard InChI is InChI=1S/C26H38O5/c1-9-16(5)13-22(27)31-24-20-11-12-21(30-25(29)17(6)10-2)18(7)26(20,8)14-19(15(3)4)23(24)28/h10,13,18-21,24H,3,9,11-12,14H2,1-2,4-8H3/b16-13+,17-10-/t18-,19-,20-,21+,24-,26+/m0/s1. The first-order chi connectivity index (χ1) is 14.5. The molecule has 0 spiro atoms. The summed E-state index contributed by atoms with van der Waals surface area (Å²) in [7, 11) is 0. The Hall–Kier alpha value is -2.17. The minimum absolute atomic E-state index is 0.0175. The summed E-state index contributed by atoms with van der Waals surface area (Å²) < 4.78 is 11.6. The summed E-state index contributed by atoms with van der Waals surface area (Å²) in [5.41, 5.74) is 1.96. The van der Waals surface area contributed by atoms with Gasteiger partial charge in [0.05, 0.1) is 0 Å². The van der Waals surface area contributed by atoms with E-state index < -0.39 is 12.1 Å². The zero-order valence-electron chi connectivity index (χ0n) is 20.1. The van der Waals surface area contributed by atoms with Crippen molar-refractivity contribution in [2.24, 2.45) is 23.2 Å². The van der Waals surface area contributed by atoms with Crippen molar-refractivity contribution in [1.82, 2.24) is 0 Å². The molecule has 0 bridgehead atoms. The average Bonchev–Trinajstić information content (AvgIpc) is 2.72. The highest BCUT2D eigenvalue weighted by atomic mass is 16.6. The van der Waals surface area contributed by atoms with Gasteiger partial charge < -0.3 is 9.47 Å². The van der Waals surface area contributed by atoms with Gasteiger partial charge in [-0.1, -0.05) is 44.6 Å². The number of carbonyl (C=O) groups excluding carboxylic acids is 3. The number of ketones is 1. The van der Waals surface area contributed by atoms with E-state index in [0.717, 1.165) is 17.6 Å². The highest BCUT2D eigenvalue weighted by molar-refractivity contribution is 5.92. The number of hydrogen-bond acceptors (Lipinski definition) is 5. The van der Waals surface area contributed by atoms with E-state index in [9.17, 15) is 14.4 Å². The quantitative estimate of drug-likeness (QED) is 0.323. The predicted octanol–water partition coefficient (Wildman–Crippen LogP) is 5.35. The van der Waals surface area contributed by atoms with Crippen LogP contribution in [0.5, 0.6) is 0 Å². The molecule has 5 heteroatoms. The van der Waals surface area contributed by atoms with Crippen molar-refractivity contribution < 1.29 is 23.9 Å². The molecular formula is C26H38O5. The molecule has 6 atom stereocenters. The van der Waals surface area contributed by atoms with Gasteiger partial charge in [-0.05, 0) is 64.7 Å². The van der Waals surface area contributed by atoms with Crippen LogP contribution in [0.4, 0.5) is 0 Å². The van der Waals surface area contributed by atoms with Crippen molar-refractivity contribution >= 4 is 17.7 Å². The van der Waals surface area contributed by atoms with E-state index in [1.54, 1.807) is 13.0 Å². The molecule has 2 fully saturated rings. The molecule has 2 saturated carbocycles. The fourth-order valence-corrected chi connectivity index (χ4v) is 4.99. The Morgan fingerprint density at radius 3 is 2.39 bits per heavy atom. The van der Waals surface area contributed by atoms with Gasteiger partial charge in [0, 0.05) is 23.5 Å². The summed E-state index contributed by atoms with van der Waals surface area (Å²) in [4.78, 5) is 38.2. The van der Waals surface area contributed by atoms with Crippen molar-refractivity contribution in [3.05, 3.63) is 35.5 Å². The van der Waals surface area contributed by atoms with Crippen LogP contribution in [0.25, 0.3) is 0 Å². The zero-order valence-corrected chi connectivity index (χ0v) is 20.1. The van der Waals surface area contributed by atoms with Crippen molar-refractivity contribution in [1.29, 1.82) is 0 Å². The molecule has 172 valence electrons. The Morgan fingerprint density at radius 2 is 1.84 bits per heavy atom. The fourth-order valence-electron chi connectivity index (χ4n) is 4.99. The lowest BCUT2D eigenvalue weighted by Gasteiger charge is -2.55. The second-order valence-electron chi connectivity index (χ2n) is 9.60. The van der Waals surface area contributed by atoms with Gasteiger partial charge in [-0.25, -0.2) is 9.59 Å². The zero-order chi connectivity index (χ0) is 23.5. The number of carbonyl (C=O) groups is 3. The van der Waals surface area contributed by atoms with E-state index in [4.69, 9.17) is 9.47 Å². The minimum atomic E-state index is -0.801. The van der Waals surface area contributed by atoms with Crippen LogP contribution < -0.4 is 0 Å². The molecule has 0 amide bonds. The molecule has 2 rings (SSSR count). The van der Waals surface area contributed by atoms with Crippen LogP contribution >= 0.6 is 0 Å². The van der Waals surface area contributed by atoms with Gasteiger partial charge in [-0.15, -0.1) is 0 Å². The maximum atomic E-state index is 13.3. The molecule has 2 aliphatic rings. The monoisotopic (exact) mass is 430 g/mol. The molecule has 0 aliphatic heterocycles. The van der Waals surface area contributed by atoms with E-state index in [1.807, 2.05) is 27.7 Å². The predicted molar refractivity (Wildman–Crippen MR) is 121 cm³/mol. The number of hydrogen-bond donors (Lipinski definition) is 0. The number of ether oxygens (including phenoxy) is 2. The summed E-state index contributed by atoms with van der Waals surface area (Å²) in [5.74, 6) is -1.28. The lowest BCUT2D eigenvalue weighted by molar-refractivity contribution is -0.182. The van der Waals surface area contributed by atoms with Gasteiger partial charge in [0.2, 0.25) is 0 Å². The molecule has 31 heavy (non-hydrogen) atoms. The lowest BCUT2D eigenvalue weighted by atomic mass is 9.51. The molecule has 0 saturated heterocycles. The van der Waals surface area contributed by atoms with Gasteiger partial charge in [0.25, 0.3) is 0 Å². The van der Waals surface area contributed by atoms with Crippen LogP contribution in [-0.2, 0) is 23.9 Å². The summed E-state index contributed by atoms with van der Waals surface area (Å²) in [5, 5.41) is 0. The highest BCUT2D eigenvalue weighted by Crippen LogP contribution is 2.56. The average molecular weight is 431 g/mol. The summed E-state index contributed by atoms with van der Waals surface area (Å²) in [6.45, 7) is 17.5. The number of esters is 2. The molecule has 0 aromatic rings. The van der Waals surface area contributed by atoms with E-state index in [0.29, 0.717) is 24.8 Å². The molecular weight excluding hydrogens is 392 g/mol. The molecule has 0 unspecified atom stereocenters. The molecule has 5 nitrogen and oxygen atoms in total. The van der Waals surface area contributed by atoms with Crippen LogP contribution in [-0.4, -0.2) is 29.9 Å². The molecule has 0 N–H and O–H groups in total. The first kappa shape index (κ1) is 25.1. The minimum Gasteiger partial charge on any atom is -0.459 e. The number of fused-ring (bicyclic) bond motifs is 1. The Labute approximate surface area is 186 Å². The van der Waals surface area contributed by atoms with Crippen molar-refractivity contribution in [2.45, 2.75) is 86.4 Å². The summed E-state index contributed by atoms with van der Waals surface area (Å²) in [6, 6.07) is 0. The van der Waals surface area contributed by atoms with Crippen LogP contribution in [0.2, 0.25) is 0 Å². The molecule has 0 aromatic heterocycles. The Morgan fingerprint density at radius 1 is 1.19 bits per heavy atom. The number of Topliss-reactive ketones (excluding diaryl/α,β-unsaturated/α-hetero) is 1. The fraction of sp³-hybridized carbons (Fsp3) is 0.654. The highest BCUT2D eigenvalue weighted by Gasteiger charge is 2.58. The first-order valence-electron chi connectivity index (χ1n) is 11.4. The third-order valence-electron chi connectivity index (χ3n) is 7.61. The van der Waals surface area contributed by atoms with Crippen LogP contribution in [0.15, 0.2) is 35.5 Å². The van der Waals surface area contributed by atoms with Gasteiger partial charge in [-0.2, -0.15) is 0 Å². The van der Waals surface area contributed by atoms with Gasteiger partial charge >= 0.3 is 11.9 Å². The van der Waals surface area contributed by atoms with Crippen molar-refractivity contribution in [2.75, 3.05) is 0 Å². The second kappa shape index (κ2) is 9.97. The summed E-state index contributed by atoms with van der Waals surface area (Å²) in [6.07, 6.45) is 4.87. The third-order valence-corrected chi connectivity index (χ3v) is 7.61. The van der Waals surface area contributed by atoms with Crippen LogP contribution in [0.3, 0.4) is 0 Å². The van der Waals surface area contributed by atoms with Crippen molar-refractivity contribution in [3.63, 3.8) is 0 Å². The second-order valence-corrected chi connectivity index (χ2v) is 9.60. The molecule has 0 radical (unpaired) electrons. The number of rotatable bonds is 6. The van der Waals surface area contributed by atoms with E-state index in [-0.39, 0.29) is 41.0 Å². The number of allylic oxidation sites excluding steroid dienone is 3. The van der Waals surface area contributed by atoms with Gasteiger partial charge in [-0.3, -0.25) is 4.79 Å². The Balaban J connectivity index is 2.35. The van der Waals surface area contributed by atoms with Gasteiger partial charge in [0.1, 0.15) is 6.10 Å². The maximum absolute atomic E-state index is 13.3. The molecule has 0 aromatic carbocycles. The van der Waals surface area contributed by atoms with Crippen LogP contribution in [0, 0.1) is 23.2 Å². The maximum Gasteiger partial charge on any atom is 0.333 e. The van der Waals surface area contributed by atoms with Crippen molar-refractivity contribution in [3.8, 4) is 0 Å². The third kappa shape index (κ3) is 5.19.